The summed E-state index contributed by atoms with van der Waals surface area (Å²) in [4.78, 5) is 55.7. The van der Waals surface area contributed by atoms with Gasteiger partial charge < -0.3 is 24.9 Å². The van der Waals surface area contributed by atoms with Crippen LogP contribution in [0, 0.1) is 5.92 Å². The van der Waals surface area contributed by atoms with Crippen molar-refractivity contribution in [3.8, 4) is 17.2 Å². The Bertz CT molecular complexity index is 1870. The Labute approximate surface area is 260 Å². The number of phenolic OH excluding ortho intramolecular Hbond substituents is 1. The molecule has 3 aromatic carbocycles. The highest BCUT2D eigenvalue weighted by Gasteiger charge is 2.57. The number of aromatic nitrogens is 1. The lowest BCUT2D eigenvalue weighted by Crippen LogP contribution is -2.33. The van der Waals surface area contributed by atoms with Crippen LogP contribution in [0.3, 0.4) is 0 Å². The maximum Gasteiger partial charge on any atom is 0.418 e. The van der Waals surface area contributed by atoms with Gasteiger partial charge in [-0.05, 0) is 54.1 Å². The molecule has 3 heterocycles. The molecule has 2 aliphatic heterocycles. The highest BCUT2D eigenvalue weighted by molar-refractivity contribution is 8.00. The average molecular weight is 658 g/mol. The molecule has 0 unspecified atom stereocenters. The maximum absolute atomic E-state index is 13.9. The standard InChI is InChI=1S/C30H22F3N3O7S2/c1-42-20-12-14(6-11-19(20)43-13-21(38)34-15-7-9-16(37)10-8-15)22-23-25(44-26-24(22)45-29(41)35-26)28(40)36(27(23)39)18-5-3-2-4-17(18)30(31,32)33/h2-12,22-23,25,37H,13H2,1H3,(H,34,38)(H,35,41)/t22-,23-,25+/m0/s1. The Morgan fingerprint density at radius 3 is 2.47 bits per heavy atom. The number of amides is 3. The zero-order chi connectivity index (χ0) is 32.0. The Kier molecular flexibility index (Phi) is 7.82. The minimum atomic E-state index is -4.81. The number of aromatic amines is 1. The Balaban J connectivity index is 1.32. The lowest BCUT2D eigenvalue weighted by Gasteiger charge is -2.30. The molecule has 0 radical (unpaired) electrons. The number of alkyl halides is 3. The van der Waals surface area contributed by atoms with Crippen LogP contribution in [0.15, 0.2) is 76.6 Å². The molecular weight excluding hydrogens is 635 g/mol. The first-order valence-corrected chi connectivity index (χ1v) is 15.0. The van der Waals surface area contributed by atoms with Gasteiger partial charge in [0.1, 0.15) is 11.0 Å². The molecule has 232 valence electrons. The number of rotatable bonds is 7. The van der Waals surface area contributed by atoms with E-state index in [1.54, 1.807) is 12.1 Å². The lowest BCUT2D eigenvalue weighted by atomic mass is 9.83. The predicted octanol–water partition coefficient (Wildman–Crippen LogP) is 4.98. The fourth-order valence-electron chi connectivity index (χ4n) is 5.40. The molecule has 45 heavy (non-hydrogen) atoms. The molecule has 1 saturated heterocycles. The molecule has 10 nitrogen and oxygen atoms in total. The first-order valence-electron chi connectivity index (χ1n) is 13.3. The van der Waals surface area contributed by atoms with Gasteiger partial charge >= 0.3 is 11.0 Å². The highest BCUT2D eigenvalue weighted by Crippen LogP contribution is 2.54. The van der Waals surface area contributed by atoms with Crippen molar-refractivity contribution >= 4 is 52.2 Å². The fourth-order valence-corrected chi connectivity index (χ4v) is 7.92. The molecule has 0 aliphatic carbocycles. The van der Waals surface area contributed by atoms with Crippen LogP contribution in [0.1, 0.15) is 21.9 Å². The van der Waals surface area contributed by atoms with Gasteiger partial charge in [-0.15, -0.1) is 0 Å². The van der Waals surface area contributed by atoms with Crippen molar-refractivity contribution in [2.45, 2.75) is 22.4 Å². The number of phenols is 1. The summed E-state index contributed by atoms with van der Waals surface area (Å²) < 4.78 is 52.8. The summed E-state index contributed by atoms with van der Waals surface area (Å²) in [5.41, 5.74) is -0.783. The molecule has 15 heteroatoms. The van der Waals surface area contributed by atoms with Crippen LogP contribution in [-0.2, 0) is 20.6 Å². The number of nitrogens with one attached hydrogen (secondary N) is 2. The molecule has 0 spiro atoms. The number of halogens is 3. The second kappa shape index (κ2) is 11.6. The van der Waals surface area contributed by atoms with E-state index in [-0.39, 0.29) is 17.2 Å². The monoisotopic (exact) mass is 657 g/mol. The molecular formula is C30H22F3N3O7S2. The number of hydrogen-bond acceptors (Lipinski definition) is 9. The van der Waals surface area contributed by atoms with Crippen molar-refractivity contribution in [1.29, 1.82) is 0 Å². The summed E-state index contributed by atoms with van der Waals surface area (Å²) in [6.45, 7) is -0.397. The van der Waals surface area contributed by atoms with E-state index in [2.05, 4.69) is 10.3 Å². The number of ether oxygens (including phenoxy) is 2. The molecule has 3 N–H and O–H groups in total. The van der Waals surface area contributed by atoms with Gasteiger partial charge in [0.25, 0.3) is 5.91 Å². The molecule has 4 aromatic rings. The summed E-state index contributed by atoms with van der Waals surface area (Å²) in [5.74, 6) is -3.74. The van der Waals surface area contributed by atoms with Gasteiger partial charge in [-0.2, -0.15) is 13.2 Å². The summed E-state index contributed by atoms with van der Waals surface area (Å²) in [6.07, 6.45) is -4.81. The van der Waals surface area contributed by atoms with E-state index in [0.717, 1.165) is 35.2 Å². The third-order valence-electron chi connectivity index (χ3n) is 7.33. The fraction of sp³-hybridized carbons (Fsp3) is 0.200. The molecule has 3 atom stereocenters. The third kappa shape index (κ3) is 5.64. The van der Waals surface area contributed by atoms with E-state index < -0.39 is 63.7 Å². The summed E-state index contributed by atoms with van der Waals surface area (Å²) in [7, 11) is 1.36. The molecule has 3 amide bonds. The lowest BCUT2D eigenvalue weighted by molar-refractivity contribution is -0.137. The van der Waals surface area contributed by atoms with E-state index in [0.29, 0.717) is 26.1 Å². The molecule has 0 bridgehead atoms. The number of nitrogens with zero attached hydrogens (tertiary/aromatic N) is 1. The Morgan fingerprint density at radius 2 is 1.76 bits per heavy atom. The van der Waals surface area contributed by atoms with Crippen LogP contribution >= 0.6 is 23.1 Å². The summed E-state index contributed by atoms with van der Waals surface area (Å²) in [5, 5.41) is 11.3. The van der Waals surface area contributed by atoms with E-state index in [1.165, 1.54) is 49.6 Å². The number of carbonyl (C=O) groups is 3. The van der Waals surface area contributed by atoms with Crippen LogP contribution < -0.4 is 24.6 Å². The zero-order valence-corrected chi connectivity index (χ0v) is 24.7. The number of aromatic hydroxyl groups is 1. The van der Waals surface area contributed by atoms with Gasteiger partial charge in [0.2, 0.25) is 11.8 Å². The van der Waals surface area contributed by atoms with Crippen molar-refractivity contribution in [3.05, 3.63) is 92.4 Å². The second-order valence-corrected chi connectivity index (χ2v) is 12.2. The molecule has 1 aromatic heterocycles. The number of imide groups is 1. The van der Waals surface area contributed by atoms with Crippen molar-refractivity contribution in [1.82, 2.24) is 4.98 Å². The van der Waals surface area contributed by atoms with E-state index in [9.17, 15) is 37.5 Å². The van der Waals surface area contributed by atoms with Crippen molar-refractivity contribution in [2.75, 3.05) is 23.9 Å². The van der Waals surface area contributed by atoms with E-state index in [1.807, 2.05) is 0 Å². The van der Waals surface area contributed by atoms with Crippen molar-refractivity contribution < 1.29 is 42.1 Å². The predicted molar refractivity (Wildman–Crippen MR) is 159 cm³/mol. The van der Waals surface area contributed by atoms with Crippen LogP contribution in [0.5, 0.6) is 17.2 Å². The number of hydrogen-bond donors (Lipinski definition) is 3. The van der Waals surface area contributed by atoms with Crippen LogP contribution in [-0.4, -0.2) is 46.8 Å². The number of fused-ring (bicyclic) bond motifs is 2. The van der Waals surface area contributed by atoms with Gasteiger partial charge in [0.05, 0.1) is 29.3 Å². The number of benzene rings is 3. The molecule has 6 rings (SSSR count). The van der Waals surface area contributed by atoms with Crippen molar-refractivity contribution in [3.63, 3.8) is 0 Å². The molecule has 1 fully saturated rings. The zero-order valence-electron chi connectivity index (χ0n) is 23.1. The molecule has 2 aliphatic rings. The third-order valence-corrected chi connectivity index (χ3v) is 9.73. The SMILES string of the molecule is COc1cc([C@@H]2c3sc(=O)[nH]c3S[C@H]3C(=O)N(c4ccccc4C(F)(F)F)C(=O)[C@@H]23)ccc1OCC(=O)Nc1ccc(O)cc1. The number of H-pyrrole nitrogens is 1. The first-order chi connectivity index (χ1) is 21.5. The van der Waals surface area contributed by atoms with Gasteiger partial charge in [0.15, 0.2) is 18.1 Å². The minimum Gasteiger partial charge on any atom is -0.508 e. The summed E-state index contributed by atoms with van der Waals surface area (Å²) in [6, 6.07) is 14.9. The summed E-state index contributed by atoms with van der Waals surface area (Å²) >= 11 is 1.79. The van der Waals surface area contributed by atoms with Crippen LogP contribution in [0.25, 0.3) is 0 Å². The van der Waals surface area contributed by atoms with Crippen LogP contribution in [0.2, 0.25) is 0 Å². The van der Waals surface area contributed by atoms with Gasteiger partial charge in [0, 0.05) is 16.5 Å². The topological polar surface area (TPSA) is 138 Å². The number of carbonyl (C=O) groups excluding carboxylic acids is 3. The second-order valence-electron chi connectivity index (χ2n) is 10.1. The average Bonchev–Trinajstić information content (AvgIpc) is 3.50. The normalized spacial score (nSPS) is 19.2. The van der Waals surface area contributed by atoms with E-state index >= 15 is 0 Å². The Hall–Kier alpha value is -4.76. The quantitative estimate of drug-likeness (QED) is 0.187. The number of methoxy groups -OCH3 is 1. The van der Waals surface area contributed by atoms with Gasteiger partial charge in [-0.1, -0.05) is 41.3 Å². The van der Waals surface area contributed by atoms with Gasteiger partial charge in [-0.25, -0.2) is 4.90 Å². The number of anilines is 2. The maximum atomic E-state index is 13.9. The first kappa shape index (κ1) is 30.3. The largest absolute Gasteiger partial charge is 0.508 e. The number of para-hydroxylation sites is 1. The van der Waals surface area contributed by atoms with Crippen LogP contribution in [0.4, 0.5) is 24.5 Å². The number of thiazole rings is 1. The smallest absolute Gasteiger partial charge is 0.418 e. The highest BCUT2D eigenvalue weighted by atomic mass is 32.2. The Morgan fingerprint density at radius 1 is 1.02 bits per heavy atom. The van der Waals surface area contributed by atoms with Gasteiger partial charge in [-0.3, -0.25) is 19.2 Å². The number of thioether (sulfide) groups is 1. The molecule has 0 saturated carbocycles. The minimum absolute atomic E-state index is 0.0403. The van der Waals surface area contributed by atoms with Crippen molar-refractivity contribution in [2.24, 2.45) is 5.92 Å². The van der Waals surface area contributed by atoms with E-state index in [4.69, 9.17) is 9.47 Å².